The second kappa shape index (κ2) is 35.6. The second-order valence-corrected chi connectivity index (χ2v) is 15.8. The number of aliphatic hydroxyl groups is 1. The Morgan fingerprint density at radius 1 is 0.542 bits per heavy atom. The summed E-state index contributed by atoms with van der Waals surface area (Å²) in [5.41, 5.74) is 0. The molecule has 0 aromatic carbocycles. The molecule has 48 heavy (non-hydrogen) atoms. The van der Waals surface area contributed by atoms with Crippen LogP contribution >= 0.6 is 0 Å². The molecule has 0 spiro atoms. The van der Waals surface area contributed by atoms with Crippen LogP contribution in [-0.4, -0.2) is 41.9 Å². The molecule has 0 aliphatic rings. The Balaban J connectivity index is 3.92. The highest BCUT2D eigenvalue weighted by Gasteiger charge is 2.24. The maximum atomic E-state index is 12.5. The van der Waals surface area contributed by atoms with Crippen LogP contribution in [0.1, 0.15) is 213 Å². The van der Waals surface area contributed by atoms with Crippen LogP contribution in [0, 0.1) is 0 Å². The lowest BCUT2D eigenvalue weighted by molar-refractivity contribution is -0.122. The van der Waals surface area contributed by atoms with Gasteiger partial charge in [0.25, 0.3) is 10.1 Å². The van der Waals surface area contributed by atoms with Crippen molar-refractivity contribution in [1.82, 2.24) is 5.32 Å². The van der Waals surface area contributed by atoms with E-state index in [-0.39, 0.29) is 5.91 Å². The number of unbranched alkanes of at least 4 members (excludes halogenated alkanes) is 27. The number of hydrogen-bond donors (Lipinski definition) is 3. The largest absolute Gasteiger partial charge is 0.387 e. The van der Waals surface area contributed by atoms with Gasteiger partial charge in [-0.25, -0.2) is 0 Å². The van der Waals surface area contributed by atoms with Gasteiger partial charge in [-0.05, 0) is 32.1 Å². The predicted molar refractivity (Wildman–Crippen MR) is 207 cm³/mol. The predicted octanol–water partition coefficient (Wildman–Crippen LogP) is 12.0. The Morgan fingerprint density at radius 2 is 0.896 bits per heavy atom. The van der Waals surface area contributed by atoms with E-state index in [4.69, 9.17) is 0 Å². The minimum Gasteiger partial charge on any atom is -0.387 e. The molecule has 1 amide bonds. The number of aliphatic hydroxyl groups excluding tert-OH is 1. The van der Waals surface area contributed by atoms with Gasteiger partial charge in [0, 0.05) is 6.42 Å². The lowest BCUT2D eigenvalue weighted by atomic mass is 10.0. The van der Waals surface area contributed by atoms with Crippen molar-refractivity contribution in [3.63, 3.8) is 0 Å². The first kappa shape index (κ1) is 46.8. The summed E-state index contributed by atoms with van der Waals surface area (Å²) in [6, 6.07) is -1.07. The molecule has 2 atom stereocenters. The molecule has 0 rings (SSSR count). The zero-order valence-corrected chi connectivity index (χ0v) is 32.4. The molecule has 0 saturated carbocycles. The van der Waals surface area contributed by atoms with Gasteiger partial charge in [-0.15, -0.1) is 0 Å². The standard InChI is InChI=1S/C41H79NO5S/c1-3-5-7-9-11-13-15-17-18-19-20-21-22-23-24-25-26-28-30-32-34-36-40(43)39(38-48(45,46)47)42-41(44)37-35-33-31-29-27-16-14-12-10-8-6-4-2/h26,28,34,36,39-40,43H,3-25,27,29-33,35,37-38H2,1-2H3,(H,42,44)(H,45,46,47)/b28-26+,36-34+. The summed E-state index contributed by atoms with van der Waals surface area (Å²) >= 11 is 0. The van der Waals surface area contributed by atoms with Gasteiger partial charge in [-0.1, -0.05) is 199 Å². The molecule has 0 heterocycles. The summed E-state index contributed by atoms with van der Waals surface area (Å²) in [7, 11) is -4.35. The Hall–Kier alpha value is -1.18. The van der Waals surface area contributed by atoms with Gasteiger partial charge in [-0.2, -0.15) is 8.42 Å². The van der Waals surface area contributed by atoms with E-state index < -0.39 is 28.0 Å². The summed E-state index contributed by atoms with van der Waals surface area (Å²) in [6.07, 6.45) is 44.6. The van der Waals surface area contributed by atoms with Crippen molar-refractivity contribution >= 4 is 16.0 Å². The summed E-state index contributed by atoms with van der Waals surface area (Å²) in [6.45, 7) is 4.52. The van der Waals surface area contributed by atoms with Crippen LogP contribution < -0.4 is 5.32 Å². The fraction of sp³-hybridized carbons (Fsp3) is 0.878. The van der Waals surface area contributed by atoms with Crippen LogP contribution in [0.4, 0.5) is 0 Å². The second-order valence-electron chi connectivity index (χ2n) is 14.3. The van der Waals surface area contributed by atoms with Crippen LogP contribution in [0.15, 0.2) is 24.3 Å². The smallest absolute Gasteiger partial charge is 0.267 e. The summed E-state index contributed by atoms with van der Waals surface area (Å²) < 4.78 is 32.4. The molecule has 0 aromatic rings. The minimum atomic E-state index is -4.35. The van der Waals surface area contributed by atoms with Gasteiger partial charge in [-0.3, -0.25) is 9.35 Å². The van der Waals surface area contributed by atoms with Crippen molar-refractivity contribution in [2.75, 3.05) is 5.75 Å². The van der Waals surface area contributed by atoms with Crippen molar-refractivity contribution in [2.45, 2.75) is 225 Å². The van der Waals surface area contributed by atoms with Crippen molar-refractivity contribution < 1.29 is 22.9 Å². The van der Waals surface area contributed by atoms with Gasteiger partial charge in [0.2, 0.25) is 5.91 Å². The van der Waals surface area contributed by atoms with E-state index in [1.165, 1.54) is 160 Å². The molecule has 0 saturated heterocycles. The van der Waals surface area contributed by atoms with Crippen molar-refractivity contribution in [2.24, 2.45) is 0 Å². The third-order valence-electron chi connectivity index (χ3n) is 9.38. The highest BCUT2D eigenvalue weighted by molar-refractivity contribution is 7.85. The maximum Gasteiger partial charge on any atom is 0.267 e. The van der Waals surface area contributed by atoms with Crippen LogP contribution in [-0.2, 0) is 14.9 Å². The number of amides is 1. The fourth-order valence-electron chi connectivity index (χ4n) is 6.29. The molecule has 7 heteroatoms. The number of rotatable bonds is 37. The molecule has 0 aliphatic heterocycles. The lowest BCUT2D eigenvalue weighted by Crippen LogP contribution is -2.46. The number of carbonyl (C=O) groups is 1. The van der Waals surface area contributed by atoms with Gasteiger partial charge in [0.15, 0.2) is 0 Å². The molecule has 0 aromatic heterocycles. The van der Waals surface area contributed by atoms with E-state index in [1.807, 2.05) is 6.08 Å². The Kier molecular flexibility index (Phi) is 34.8. The average molecular weight is 698 g/mol. The number of carbonyl (C=O) groups excluding carboxylic acids is 1. The highest BCUT2D eigenvalue weighted by atomic mass is 32.2. The summed E-state index contributed by atoms with van der Waals surface area (Å²) in [5.74, 6) is -0.994. The fourth-order valence-corrected chi connectivity index (χ4v) is 7.02. The maximum absolute atomic E-state index is 12.5. The van der Waals surface area contributed by atoms with Gasteiger partial charge < -0.3 is 10.4 Å². The Bertz CT molecular complexity index is 857. The van der Waals surface area contributed by atoms with E-state index in [9.17, 15) is 22.9 Å². The molecule has 0 radical (unpaired) electrons. The van der Waals surface area contributed by atoms with Crippen LogP contribution in [0.3, 0.4) is 0 Å². The third kappa shape index (κ3) is 36.1. The first-order chi connectivity index (χ1) is 23.3. The molecule has 6 nitrogen and oxygen atoms in total. The van der Waals surface area contributed by atoms with E-state index >= 15 is 0 Å². The molecule has 0 aliphatic carbocycles. The summed E-state index contributed by atoms with van der Waals surface area (Å²) in [5, 5.41) is 13.2. The summed E-state index contributed by atoms with van der Waals surface area (Å²) in [4.78, 5) is 12.5. The topological polar surface area (TPSA) is 104 Å². The number of allylic oxidation sites excluding steroid dienone is 3. The molecule has 0 fully saturated rings. The van der Waals surface area contributed by atoms with Crippen molar-refractivity contribution in [1.29, 1.82) is 0 Å². The lowest BCUT2D eigenvalue weighted by Gasteiger charge is -2.21. The molecule has 2 unspecified atom stereocenters. The first-order valence-electron chi connectivity index (χ1n) is 20.5. The van der Waals surface area contributed by atoms with E-state index in [2.05, 4.69) is 31.3 Å². The van der Waals surface area contributed by atoms with Gasteiger partial charge in [0.05, 0.1) is 17.9 Å². The average Bonchev–Trinajstić information content (AvgIpc) is 3.05. The molecule has 284 valence electrons. The van der Waals surface area contributed by atoms with Crippen LogP contribution in [0.25, 0.3) is 0 Å². The zero-order chi connectivity index (χ0) is 35.4. The van der Waals surface area contributed by atoms with E-state index in [1.54, 1.807) is 0 Å². The molecular formula is C41H79NO5S. The number of nitrogens with one attached hydrogen (secondary N) is 1. The Morgan fingerprint density at radius 3 is 1.31 bits per heavy atom. The monoisotopic (exact) mass is 698 g/mol. The third-order valence-corrected chi connectivity index (χ3v) is 10.2. The van der Waals surface area contributed by atoms with Crippen LogP contribution in [0.5, 0.6) is 0 Å². The van der Waals surface area contributed by atoms with Gasteiger partial charge in [0.1, 0.15) is 0 Å². The first-order valence-corrected chi connectivity index (χ1v) is 22.1. The Labute approximate surface area is 298 Å². The van der Waals surface area contributed by atoms with E-state index in [0.29, 0.717) is 6.42 Å². The SMILES string of the molecule is CCCCCCCCCCCCCCCCC/C=C/CC/C=C/C(O)C(CS(=O)(=O)O)NC(=O)CCCCCCCCCCCCCC. The molecule has 3 N–H and O–H groups in total. The number of hydrogen-bond acceptors (Lipinski definition) is 4. The zero-order valence-electron chi connectivity index (χ0n) is 31.6. The molecular weight excluding hydrogens is 619 g/mol. The van der Waals surface area contributed by atoms with Crippen molar-refractivity contribution in [3.05, 3.63) is 24.3 Å². The normalized spacial score (nSPS) is 13.5. The van der Waals surface area contributed by atoms with Crippen LogP contribution in [0.2, 0.25) is 0 Å². The minimum absolute atomic E-state index is 0.287. The van der Waals surface area contributed by atoms with E-state index in [0.717, 1.165) is 38.5 Å². The molecule has 0 bridgehead atoms. The quantitative estimate of drug-likeness (QED) is 0.0340. The van der Waals surface area contributed by atoms with Crippen molar-refractivity contribution in [3.8, 4) is 0 Å². The van der Waals surface area contributed by atoms with Gasteiger partial charge >= 0.3 is 0 Å². The highest BCUT2D eigenvalue weighted by Crippen LogP contribution is 2.15.